The van der Waals surface area contributed by atoms with E-state index >= 15 is 8.78 Å². The van der Waals surface area contributed by atoms with Gasteiger partial charge in [-0.1, -0.05) is 197 Å². The number of terminal acetylenes is 1. The molecular weight excluding hydrogens is 1120 g/mol. The Labute approximate surface area is 512 Å². The van der Waals surface area contributed by atoms with Crippen molar-refractivity contribution >= 4 is 100 Å². The van der Waals surface area contributed by atoms with Crippen molar-refractivity contribution in [2.24, 2.45) is 0 Å². The number of rotatable bonds is 9. The molecule has 0 saturated heterocycles. The predicted octanol–water partition coefficient (Wildman–Crippen LogP) is 22.6. The lowest BCUT2D eigenvalue weighted by molar-refractivity contribution is 0.0981. The van der Waals surface area contributed by atoms with Crippen molar-refractivity contribution in [3.63, 3.8) is 0 Å². The number of carbonyl (C=O) groups is 2. The predicted molar refractivity (Wildman–Crippen MR) is 367 cm³/mol. The molecular formula is C77H84F4O2Si3. The molecule has 0 spiro atoms. The van der Waals surface area contributed by atoms with E-state index in [-0.39, 0.29) is 45.5 Å². The quantitative estimate of drug-likeness (QED) is 0.0475. The van der Waals surface area contributed by atoms with Crippen LogP contribution < -0.4 is 0 Å². The van der Waals surface area contributed by atoms with E-state index < -0.39 is 35.9 Å². The summed E-state index contributed by atoms with van der Waals surface area (Å²) in [6.45, 7) is 41.6. The molecule has 9 heteroatoms. The topological polar surface area (TPSA) is 34.1 Å². The summed E-state index contributed by atoms with van der Waals surface area (Å²) in [7, 11) is -5.74. The monoisotopic (exact) mass is 1200 g/mol. The zero-order chi connectivity index (χ0) is 63.2. The minimum Gasteiger partial charge on any atom is -0.289 e. The van der Waals surface area contributed by atoms with E-state index in [1.54, 1.807) is 48.5 Å². The van der Waals surface area contributed by atoms with Crippen LogP contribution in [-0.2, 0) is 0 Å². The normalized spacial score (nSPS) is 12.9. The van der Waals surface area contributed by atoms with Crippen LogP contribution in [0.3, 0.4) is 0 Å². The first-order valence-electron chi connectivity index (χ1n) is 30.8. The first kappa shape index (κ1) is 64.9. The van der Waals surface area contributed by atoms with Crippen LogP contribution in [-0.4, -0.2) is 35.8 Å². The second kappa shape index (κ2) is 25.3. The number of hydrogen-bond donors (Lipinski definition) is 0. The van der Waals surface area contributed by atoms with Crippen molar-refractivity contribution in [3.05, 3.63) is 178 Å². The minimum atomic E-state index is -2.14. The Hall–Kier alpha value is -7.07. The molecule has 10 rings (SSSR count). The fourth-order valence-corrected chi connectivity index (χ4v) is 30.9. The van der Waals surface area contributed by atoms with Crippen molar-refractivity contribution in [2.75, 3.05) is 0 Å². The fraction of sp³-hybridized carbons (Fsp3) is 0.351. The van der Waals surface area contributed by atoms with Gasteiger partial charge in [-0.2, -0.15) is 0 Å². The Bertz CT molecular complexity index is 4000. The first-order chi connectivity index (χ1) is 40.5. The highest BCUT2D eigenvalue weighted by Gasteiger charge is 2.44. The molecule has 0 N–H and O–H groups in total. The zero-order valence-corrected chi connectivity index (χ0v) is 56.6. The molecule has 0 amide bonds. The lowest BCUT2D eigenvalue weighted by Crippen LogP contribution is -2.43. The van der Waals surface area contributed by atoms with Gasteiger partial charge in [-0.3, -0.25) is 9.59 Å². The van der Waals surface area contributed by atoms with Gasteiger partial charge in [-0.25, -0.2) is 17.6 Å². The van der Waals surface area contributed by atoms with Gasteiger partial charge in [-0.15, -0.1) is 23.1 Å². The standard InChI is InChI=1S/C44H52F2Si2.C22H10F2O2.C11H22Si/c1-27(2)47(28(3)4,29(5)6)23-21-39-37-19-15-34-14-18-36(46)26-42(34)44(37)40(22-24-48(30(7)8,31(9)10)32(11)12)38-20-16-33-13-17-35(45)25-41(33)43(38)39;23-13-5-1-11-3-7-15-19(17(11)9-13)21(25)16-8-4-12-2-6-14(24)10-18(12)20(16)22(15)26;1-8-12(9(2)3,10(4)5)11(6)7/h13-20,25-32H,1-12H3;1-10H;1,9-11H,2-7H3. The lowest BCUT2D eigenvalue weighted by Gasteiger charge is -2.38. The van der Waals surface area contributed by atoms with E-state index in [4.69, 9.17) is 6.42 Å². The molecule has 0 aliphatic heterocycles. The van der Waals surface area contributed by atoms with Gasteiger partial charge >= 0.3 is 0 Å². The molecule has 0 bridgehead atoms. The highest BCUT2D eigenvalue weighted by atomic mass is 28.3. The fourth-order valence-electron chi connectivity index (χ4n) is 15.5. The van der Waals surface area contributed by atoms with Gasteiger partial charge in [-0.05, 0) is 164 Å². The zero-order valence-electron chi connectivity index (χ0n) is 53.6. The van der Waals surface area contributed by atoms with Crippen LogP contribution in [0, 0.1) is 58.2 Å². The highest BCUT2D eigenvalue weighted by molar-refractivity contribution is 6.91. The van der Waals surface area contributed by atoms with Gasteiger partial charge < -0.3 is 0 Å². The second-order valence-electron chi connectivity index (χ2n) is 26.7. The number of ketones is 2. The van der Waals surface area contributed by atoms with E-state index in [1.165, 1.54) is 36.4 Å². The van der Waals surface area contributed by atoms with Crippen molar-refractivity contribution in [3.8, 4) is 34.9 Å². The second-order valence-corrected chi connectivity index (χ2v) is 43.4. The summed E-state index contributed by atoms with van der Waals surface area (Å²) >= 11 is 0. The van der Waals surface area contributed by atoms with Crippen molar-refractivity contribution < 1.29 is 27.2 Å². The van der Waals surface area contributed by atoms with E-state index in [1.807, 2.05) is 12.1 Å². The third-order valence-electron chi connectivity index (χ3n) is 19.6. The Balaban J connectivity index is 0.000000208. The molecule has 444 valence electrons. The molecule has 1 aliphatic rings. The van der Waals surface area contributed by atoms with E-state index in [2.05, 4.69) is 177 Å². The maximum Gasteiger partial charge on any atom is 0.195 e. The Morgan fingerprint density at radius 1 is 0.326 bits per heavy atom. The van der Waals surface area contributed by atoms with Crippen LogP contribution in [0.15, 0.2) is 121 Å². The van der Waals surface area contributed by atoms with E-state index in [0.29, 0.717) is 71.4 Å². The number of benzene rings is 9. The number of halogens is 4. The van der Waals surface area contributed by atoms with Crippen molar-refractivity contribution in [1.29, 1.82) is 0 Å². The summed E-state index contributed by atoms with van der Waals surface area (Å²) in [5, 5.41) is 9.59. The molecule has 9 aromatic rings. The molecule has 0 unspecified atom stereocenters. The molecule has 0 saturated carbocycles. The van der Waals surface area contributed by atoms with Crippen molar-refractivity contribution in [1.82, 2.24) is 0 Å². The van der Waals surface area contributed by atoms with Gasteiger partial charge in [0, 0.05) is 44.2 Å². The molecule has 0 fully saturated rings. The maximum absolute atomic E-state index is 15.1. The smallest absolute Gasteiger partial charge is 0.195 e. The summed E-state index contributed by atoms with van der Waals surface area (Å²) in [5.41, 5.74) is 18.6. The summed E-state index contributed by atoms with van der Waals surface area (Å²) in [6.07, 6.45) is 5.72. The summed E-state index contributed by atoms with van der Waals surface area (Å²) in [4.78, 5) is 26.3. The largest absolute Gasteiger partial charge is 0.289 e. The SMILES string of the molecule is C#C[Si](C(C)C)(C(C)C)C(C)C.CC(C)[Si](C#Cc1c2ccc3ccc(F)cc3c2c(C#C[Si](C(C)C)(C(C)C)C(C)C)c2ccc3ccc(F)cc3c12)(C(C)C)C(C)C.O=C1c2ccc3ccc(F)cc3c2C(=O)c2ccc3ccc(F)cc3c21. The van der Waals surface area contributed by atoms with Crippen LogP contribution in [0.2, 0.25) is 49.9 Å². The van der Waals surface area contributed by atoms with Crippen LogP contribution >= 0.6 is 0 Å². The van der Waals surface area contributed by atoms with Gasteiger partial charge in [0.2, 0.25) is 0 Å². The Kier molecular flexibility index (Phi) is 19.1. The average Bonchev–Trinajstić information content (AvgIpc) is 0.745. The molecule has 86 heavy (non-hydrogen) atoms. The van der Waals surface area contributed by atoms with Gasteiger partial charge in [0.05, 0.1) is 0 Å². The Morgan fingerprint density at radius 3 is 0.826 bits per heavy atom. The van der Waals surface area contributed by atoms with Gasteiger partial charge in [0.1, 0.15) is 47.5 Å². The molecule has 9 aromatic carbocycles. The number of carbonyl (C=O) groups excluding carboxylic acids is 2. The third-order valence-corrected chi connectivity index (χ3v) is 38.4. The summed E-state index contributed by atoms with van der Waals surface area (Å²) < 4.78 is 57.8. The van der Waals surface area contributed by atoms with Crippen LogP contribution in [0.5, 0.6) is 0 Å². The van der Waals surface area contributed by atoms with E-state index in [9.17, 15) is 18.4 Å². The summed E-state index contributed by atoms with van der Waals surface area (Å²) in [5.74, 6) is 5.44. The number of fused-ring (bicyclic) bond motifs is 12. The molecule has 1 aliphatic carbocycles. The van der Waals surface area contributed by atoms with E-state index in [0.717, 1.165) is 54.2 Å². The molecule has 0 heterocycles. The van der Waals surface area contributed by atoms with Crippen LogP contribution in [0.1, 0.15) is 168 Å². The van der Waals surface area contributed by atoms with Gasteiger partial charge in [0.25, 0.3) is 0 Å². The van der Waals surface area contributed by atoms with Crippen molar-refractivity contribution in [2.45, 2.75) is 174 Å². The number of hydrogen-bond acceptors (Lipinski definition) is 2. The lowest BCUT2D eigenvalue weighted by atomic mass is 9.79. The minimum absolute atomic E-state index is 0.204. The maximum atomic E-state index is 15.1. The molecule has 0 atom stereocenters. The highest BCUT2D eigenvalue weighted by Crippen LogP contribution is 2.46. The summed E-state index contributed by atoms with van der Waals surface area (Å²) in [6, 6.07) is 33.4. The molecule has 0 aromatic heterocycles. The first-order valence-corrected chi connectivity index (χ1v) is 37.5. The molecule has 0 radical (unpaired) electrons. The Morgan fingerprint density at radius 2 is 0.570 bits per heavy atom. The average molecular weight is 1200 g/mol. The van der Waals surface area contributed by atoms with Crippen LogP contribution in [0.4, 0.5) is 17.6 Å². The molecule has 2 nitrogen and oxygen atoms in total. The van der Waals surface area contributed by atoms with Gasteiger partial charge in [0.15, 0.2) is 11.6 Å². The third kappa shape index (κ3) is 11.3. The van der Waals surface area contributed by atoms with Crippen LogP contribution in [0.25, 0.3) is 64.6 Å².